The number of ether oxygens (including phenoxy) is 1. The van der Waals surface area contributed by atoms with E-state index in [9.17, 15) is 0 Å². The first-order valence-electron chi connectivity index (χ1n) is 5.29. The van der Waals surface area contributed by atoms with Crippen LogP contribution >= 0.6 is 11.8 Å². The third kappa shape index (κ3) is 2.61. The Bertz CT molecular complexity index is 159. The van der Waals surface area contributed by atoms with Gasteiger partial charge in [0.1, 0.15) is 0 Å². The number of hydrogen-bond acceptors (Lipinski definition) is 3. The number of rotatable bonds is 3. The quantitative estimate of drug-likeness (QED) is 0.748. The van der Waals surface area contributed by atoms with Crippen molar-refractivity contribution < 1.29 is 4.74 Å². The molecule has 2 aliphatic rings. The molecule has 0 aromatic heterocycles. The molecule has 13 heavy (non-hydrogen) atoms. The van der Waals surface area contributed by atoms with Crippen LogP contribution in [0, 0.1) is 5.92 Å². The van der Waals surface area contributed by atoms with Gasteiger partial charge in [-0.2, -0.15) is 11.8 Å². The van der Waals surface area contributed by atoms with Gasteiger partial charge in [0.2, 0.25) is 0 Å². The van der Waals surface area contributed by atoms with E-state index in [1.165, 1.54) is 18.6 Å². The first kappa shape index (κ1) is 9.81. The van der Waals surface area contributed by atoms with E-state index in [1.807, 2.05) is 0 Å². The molecule has 2 nitrogen and oxygen atoms in total. The van der Waals surface area contributed by atoms with Crippen LogP contribution in [0.3, 0.4) is 0 Å². The summed E-state index contributed by atoms with van der Waals surface area (Å²) in [7, 11) is 0. The smallest absolute Gasteiger partial charge is 0.0507 e. The molecular weight excluding hydrogens is 182 g/mol. The summed E-state index contributed by atoms with van der Waals surface area (Å²) in [6.07, 6.45) is 2.60. The molecule has 3 atom stereocenters. The molecule has 2 aliphatic heterocycles. The Morgan fingerprint density at radius 1 is 1.46 bits per heavy atom. The Labute approximate surface area is 84.8 Å². The molecule has 76 valence electrons. The Morgan fingerprint density at radius 3 is 3.00 bits per heavy atom. The van der Waals surface area contributed by atoms with Crippen LogP contribution in [0.15, 0.2) is 0 Å². The molecule has 0 aliphatic carbocycles. The highest BCUT2D eigenvalue weighted by Crippen LogP contribution is 2.26. The average molecular weight is 201 g/mol. The van der Waals surface area contributed by atoms with E-state index in [2.05, 4.69) is 24.0 Å². The third-order valence-electron chi connectivity index (χ3n) is 3.07. The van der Waals surface area contributed by atoms with Gasteiger partial charge < -0.3 is 10.1 Å². The molecule has 2 saturated heterocycles. The molecule has 0 amide bonds. The first-order chi connectivity index (χ1) is 6.36. The maximum Gasteiger partial charge on any atom is 0.0507 e. The fourth-order valence-electron chi connectivity index (χ4n) is 2.06. The highest BCUT2D eigenvalue weighted by molar-refractivity contribution is 8.00. The van der Waals surface area contributed by atoms with Crippen molar-refractivity contribution in [1.82, 2.24) is 5.32 Å². The van der Waals surface area contributed by atoms with Gasteiger partial charge in [0.25, 0.3) is 0 Å². The topological polar surface area (TPSA) is 21.3 Å². The first-order valence-corrected chi connectivity index (χ1v) is 6.34. The summed E-state index contributed by atoms with van der Waals surface area (Å²) in [6, 6.07) is 0.755. The van der Waals surface area contributed by atoms with Crippen molar-refractivity contribution in [2.45, 2.75) is 31.1 Å². The van der Waals surface area contributed by atoms with Gasteiger partial charge in [-0.1, -0.05) is 6.92 Å². The zero-order valence-electron chi connectivity index (χ0n) is 8.29. The van der Waals surface area contributed by atoms with E-state index in [0.29, 0.717) is 0 Å². The second kappa shape index (κ2) is 4.67. The summed E-state index contributed by atoms with van der Waals surface area (Å²) in [6.45, 7) is 5.44. The molecule has 1 N–H and O–H groups in total. The summed E-state index contributed by atoms with van der Waals surface area (Å²) < 4.78 is 5.35. The van der Waals surface area contributed by atoms with Crippen LogP contribution in [0.2, 0.25) is 0 Å². The minimum Gasteiger partial charge on any atom is -0.381 e. The number of thioether (sulfide) groups is 1. The SMILES string of the molecule is CC1SCCC1NCC1CCOC1. The molecule has 2 rings (SSSR count). The van der Waals surface area contributed by atoms with Crippen molar-refractivity contribution in [3.63, 3.8) is 0 Å². The van der Waals surface area contributed by atoms with E-state index in [4.69, 9.17) is 4.74 Å². The number of nitrogens with one attached hydrogen (secondary N) is 1. The van der Waals surface area contributed by atoms with Crippen molar-refractivity contribution in [2.75, 3.05) is 25.5 Å². The van der Waals surface area contributed by atoms with Gasteiger partial charge in [0.05, 0.1) is 6.61 Å². The van der Waals surface area contributed by atoms with Gasteiger partial charge in [-0.25, -0.2) is 0 Å². The molecule has 3 unspecified atom stereocenters. The van der Waals surface area contributed by atoms with Crippen LogP contribution in [-0.2, 0) is 4.74 Å². The lowest BCUT2D eigenvalue weighted by Crippen LogP contribution is -2.36. The molecule has 0 spiro atoms. The summed E-state index contributed by atoms with van der Waals surface area (Å²) in [4.78, 5) is 0. The minimum absolute atomic E-state index is 0.755. The van der Waals surface area contributed by atoms with E-state index in [-0.39, 0.29) is 0 Å². The van der Waals surface area contributed by atoms with Gasteiger partial charge in [0, 0.05) is 24.4 Å². The van der Waals surface area contributed by atoms with Gasteiger partial charge in [0.15, 0.2) is 0 Å². The normalized spacial score (nSPS) is 39.9. The molecule has 0 radical (unpaired) electrons. The Hall–Kier alpha value is 0.270. The highest BCUT2D eigenvalue weighted by Gasteiger charge is 2.25. The predicted octanol–water partition coefficient (Wildman–Crippen LogP) is 1.51. The standard InChI is InChI=1S/C10H19NOS/c1-8-10(3-5-13-8)11-6-9-2-4-12-7-9/h8-11H,2-7H2,1H3. The molecule has 0 bridgehead atoms. The van der Waals surface area contributed by atoms with Crippen LogP contribution in [0.4, 0.5) is 0 Å². The predicted molar refractivity (Wildman–Crippen MR) is 57.3 cm³/mol. The van der Waals surface area contributed by atoms with Crippen LogP contribution in [0.5, 0.6) is 0 Å². The fourth-order valence-corrected chi connectivity index (χ4v) is 3.29. The van der Waals surface area contributed by atoms with E-state index >= 15 is 0 Å². The van der Waals surface area contributed by atoms with Crippen molar-refractivity contribution >= 4 is 11.8 Å². The maximum absolute atomic E-state index is 5.35. The van der Waals surface area contributed by atoms with Crippen LogP contribution in [-0.4, -0.2) is 36.8 Å². The molecule has 2 fully saturated rings. The molecular formula is C10H19NOS. The summed E-state index contributed by atoms with van der Waals surface area (Å²) in [5.74, 6) is 2.11. The van der Waals surface area contributed by atoms with Gasteiger partial charge >= 0.3 is 0 Å². The van der Waals surface area contributed by atoms with Crippen LogP contribution in [0.25, 0.3) is 0 Å². The van der Waals surface area contributed by atoms with Crippen LogP contribution < -0.4 is 5.32 Å². The Balaban J connectivity index is 1.66. The summed E-state index contributed by atoms with van der Waals surface area (Å²) in [5.41, 5.74) is 0. The molecule has 2 heterocycles. The molecule has 0 aromatic carbocycles. The lowest BCUT2D eigenvalue weighted by molar-refractivity contribution is 0.184. The zero-order chi connectivity index (χ0) is 9.10. The summed E-state index contributed by atoms with van der Waals surface area (Å²) in [5, 5.41) is 4.48. The third-order valence-corrected chi connectivity index (χ3v) is 4.39. The molecule has 0 saturated carbocycles. The van der Waals surface area contributed by atoms with Crippen LogP contribution in [0.1, 0.15) is 19.8 Å². The van der Waals surface area contributed by atoms with E-state index < -0.39 is 0 Å². The van der Waals surface area contributed by atoms with Gasteiger partial charge in [-0.3, -0.25) is 0 Å². The van der Waals surface area contributed by atoms with Crippen molar-refractivity contribution in [3.05, 3.63) is 0 Å². The largest absolute Gasteiger partial charge is 0.381 e. The lowest BCUT2D eigenvalue weighted by Gasteiger charge is -2.18. The van der Waals surface area contributed by atoms with Gasteiger partial charge in [-0.05, 0) is 24.5 Å². The monoisotopic (exact) mass is 201 g/mol. The second-order valence-electron chi connectivity index (χ2n) is 4.11. The minimum atomic E-state index is 0.755. The van der Waals surface area contributed by atoms with Crippen molar-refractivity contribution in [1.29, 1.82) is 0 Å². The zero-order valence-corrected chi connectivity index (χ0v) is 9.11. The van der Waals surface area contributed by atoms with Crippen molar-refractivity contribution in [2.24, 2.45) is 5.92 Å². The molecule has 3 heteroatoms. The fraction of sp³-hybridized carbons (Fsp3) is 1.00. The summed E-state index contributed by atoms with van der Waals surface area (Å²) >= 11 is 2.09. The molecule has 0 aromatic rings. The van der Waals surface area contributed by atoms with Crippen molar-refractivity contribution in [3.8, 4) is 0 Å². The van der Waals surface area contributed by atoms with E-state index in [1.54, 1.807) is 0 Å². The van der Waals surface area contributed by atoms with Gasteiger partial charge in [-0.15, -0.1) is 0 Å². The maximum atomic E-state index is 5.35. The Kier molecular flexibility index (Phi) is 3.52. The average Bonchev–Trinajstić information content (AvgIpc) is 2.72. The Morgan fingerprint density at radius 2 is 2.38 bits per heavy atom. The second-order valence-corrected chi connectivity index (χ2v) is 5.59. The lowest BCUT2D eigenvalue weighted by atomic mass is 10.1. The highest BCUT2D eigenvalue weighted by atomic mass is 32.2. The van der Waals surface area contributed by atoms with E-state index in [0.717, 1.165) is 37.0 Å². The number of hydrogen-bond donors (Lipinski definition) is 1.